The number of rotatable bonds is 6. The van der Waals surface area contributed by atoms with Gasteiger partial charge in [0.2, 0.25) is 5.91 Å². The Balaban J connectivity index is 1.48. The fraction of sp³-hybridized carbons (Fsp3) is 0.619. The third kappa shape index (κ3) is 4.33. The number of hydrogen-bond acceptors (Lipinski definition) is 7. The minimum Gasteiger partial charge on any atom is -0.385 e. The molecule has 156 valence electrons. The molecule has 0 saturated carbocycles. The van der Waals surface area contributed by atoms with Crippen molar-refractivity contribution in [2.75, 3.05) is 40.0 Å². The second kappa shape index (κ2) is 9.00. The quantitative estimate of drug-likeness (QED) is 0.735. The van der Waals surface area contributed by atoms with Gasteiger partial charge >= 0.3 is 0 Å². The second-order valence-corrected chi connectivity index (χ2v) is 7.90. The molecule has 8 nitrogen and oxygen atoms in total. The Morgan fingerprint density at radius 2 is 2.10 bits per heavy atom. The van der Waals surface area contributed by atoms with Gasteiger partial charge in [-0.25, -0.2) is 0 Å². The van der Waals surface area contributed by atoms with E-state index in [1.807, 2.05) is 17.0 Å². The molecule has 2 aliphatic heterocycles. The van der Waals surface area contributed by atoms with Gasteiger partial charge in [0, 0.05) is 63.7 Å². The fourth-order valence-electron chi connectivity index (χ4n) is 4.29. The minimum absolute atomic E-state index is 0.0950. The predicted octanol–water partition coefficient (Wildman–Crippen LogP) is 2.45. The number of methoxy groups -OCH3 is 1. The maximum atomic E-state index is 12.9. The van der Waals surface area contributed by atoms with Crippen LogP contribution in [0.5, 0.6) is 0 Å². The van der Waals surface area contributed by atoms with E-state index in [0.29, 0.717) is 44.6 Å². The normalized spacial score (nSPS) is 20.0. The third-order valence-electron chi connectivity index (χ3n) is 6.20. The van der Waals surface area contributed by atoms with Crippen LogP contribution in [-0.2, 0) is 19.7 Å². The fourth-order valence-corrected chi connectivity index (χ4v) is 4.29. The van der Waals surface area contributed by atoms with Gasteiger partial charge in [-0.15, -0.1) is 0 Å². The number of aromatic nitrogens is 3. The molecule has 0 atom stereocenters. The molecule has 2 aromatic heterocycles. The standard InChI is InChI=1S/C21H28N4O4/c1-27-14-8-21(20-23-18(29-24-20)17-3-2-9-22-15-17)6-10-25(11-7-21)19(26)16-4-12-28-13-5-16/h2-3,9,15-16H,4-8,10-14H2,1H3. The van der Waals surface area contributed by atoms with Crippen molar-refractivity contribution in [3.63, 3.8) is 0 Å². The summed E-state index contributed by atoms with van der Waals surface area (Å²) in [5.74, 6) is 1.53. The summed E-state index contributed by atoms with van der Waals surface area (Å²) in [6.07, 6.45) is 7.48. The first kappa shape index (κ1) is 20.0. The first-order chi connectivity index (χ1) is 14.2. The van der Waals surface area contributed by atoms with Crippen LogP contribution in [0, 0.1) is 5.92 Å². The van der Waals surface area contributed by atoms with E-state index >= 15 is 0 Å². The van der Waals surface area contributed by atoms with Crippen LogP contribution in [-0.4, -0.2) is 66.0 Å². The van der Waals surface area contributed by atoms with Crippen LogP contribution in [0.1, 0.15) is 37.9 Å². The maximum absolute atomic E-state index is 12.9. The van der Waals surface area contributed by atoms with Gasteiger partial charge in [-0.1, -0.05) is 5.16 Å². The number of carbonyl (C=O) groups is 1. The summed E-state index contributed by atoms with van der Waals surface area (Å²) in [6, 6.07) is 3.75. The maximum Gasteiger partial charge on any atom is 0.259 e. The van der Waals surface area contributed by atoms with Gasteiger partial charge in [0.05, 0.1) is 5.56 Å². The predicted molar refractivity (Wildman–Crippen MR) is 105 cm³/mol. The van der Waals surface area contributed by atoms with Crippen LogP contribution >= 0.6 is 0 Å². The molecule has 2 aliphatic rings. The molecule has 4 heterocycles. The highest BCUT2D eigenvalue weighted by Crippen LogP contribution is 2.38. The molecular weight excluding hydrogens is 372 g/mol. The summed E-state index contributed by atoms with van der Waals surface area (Å²) < 4.78 is 16.3. The van der Waals surface area contributed by atoms with Crippen molar-refractivity contribution >= 4 is 5.91 Å². The molecule has 0 unspecified atom stereocenters. The molecule has 0 radical (unpaired) electrons. The first-order valence-corrected chi connectivity index (χ1v) is 10.3. The zero-order valence-electron chi connectivity index (χ0n) is 16.9. The minimum atomic E-state index is -0.244. The Morgan fingerprint density at radius 3 is 2.79 bits per heavy atom. The molecule has 1 amide bonds. The van der Waals surface area contributed by atoms with E-state index in [1.165, 1.54) is 0 Å². The van der Waals surface area contributed by atoms with Crippen LogP contribution in [0.15, 0.2) is 29.0 Å². The largest absolute Gasteiger partial charge is 0.385 e. The highest BCUT2D eigenvalue weighted by atomic mass is 16.5. The van der Waals surface area contributed by atoms with E-state index in [4.69, 9.17) is 19.0 Å². The number of amides is 1. The van der Waals surface area contributed by atoms with E-state index in [-0.39, 0.29) is 17.2 Å². The number of carbonyl (C=O) groups excluding carboxylic acids is 1. The second-order valence-electron chi connectivity index (χ2n) is 7.90. The van der Waals surface area contributed by atoms with E-state index in [1.54, 1.807) is 19.5 Å². The summed E-state index contributed by atoms with van der Waals surface area (Å²) in [5.41, 5.74) is 0.562. The van der Waals surface area contributed by atoms with E-state index < -0.39 is 0 Å². The Hall–Kier alpha value is -2.32. The van der Waals surface area contributed by atoms with Gasteiger partial charge in [0.25, 0.3) is 5.89 Å². The van der Waals surface area contributed by atoms with E-state index in [9.17, 15) is 4.79 Å². The molecular formula is C21H28N4O4. The molecule has 0 bridgehead atoms. The lowest BCUT2D eigenvalue weighted by molar-refractivity contribution is -0.140. The van der Waals surface area contributed by atoms with Crippen LogP contribution in [0.4, 0.5) is 0 Å². The lowest BCUT2D eigenvalue weighted by atomic mass is 9.75. The number of hydrogen-bond donors (Lipinski definition) is 0. The van der Waals surface area contributed by atoms with Gasteiger partial charge in [-0.2, -0.15) is 4.98 Å². The molecule has 0 N–H and O–H groups in total. The molecule has 0 spiro atoms. The topological polar surface area (TPSA) is 90.6 Å². The zero-order chi connectivity index (χ0) is 20.1. The van der Waals surface area contributed by atoms with Crippen molar-refractivity contribution in [3.05, 3.63) is 30.4 Å². The molecule has 8 heteroatoms. The summed E-state index contributed by atoms with van der Waals surface area (Å²) >= 11 is 0. The van der Waals surface area contributed by atoms with Gasteiger partial charge in [0.15, 0.2) is 5.82 Å². The van der Waals surface area contributed by atoms with Crippen LogP contribution in [0.25, 0.3) is 11.5 Å². The molecule has 4 rings (SSSR count). The molecule has 2 fully saturated rings. The first-order valence-electron chi connectivity index (χ1n) is 10.3. The summed E-state index contributed by atoms with van der Waals surface area (Å²) in [4.78, 5) is 23.7. The third-order valence-corrected chi connectivity index (χ3v) is 6.20. The molecule has 2 aromatic rings. The Kier molecular flexibility index (Phi) is 6.20. The number of likely N-dealkylation sites (tertiary alicyclic amines) is 1. The van der Waals surface area contributed by atoms with Crippen LogP contribution in [0.2, 0.25) is 0 Å². The SMILES string of the molecule is COCCC1(c2noc(-c3cccnc3)n2)CCN(C(=O)C2CCOCC2)CC1. The molecule has 0 aliphatic carbocycles. The summed E-state index contributed by atoms with van der Waals surface area (Å²) in [6.45, 7) is 3.39. The van der Waals surface area contributed by atoms with Crippen molar-refractivity contribution < 1.29 is 18.8 Å². The number of ether oxygens (including phenoxy) is 2. The average Bonchev–Trinajstić information content (AvgIpc) is 3.30. The monoisotopic (exact) mass is 400 g/mol. The van der Waals surface area contributed by atoms with E-state index in [0.717, 1.165) is 37.7 Å². The zero-order valence-corrected chi connectivity index (χ0v) is 16.9. The van der Waals surface area contributed by atoms with Crippen molar-refractivity contribution in [1.82, 2.24) is 20.0 Å². The smallest absolute Gasteiger partial charge is 0.259 e. The summed E-state index contributed by atoms with van der Waals surface area (Å²) in [5, 5.41) is 4.31. The molecule has 2 saturated heterocycles. The van der Waals surface area contributed by atoms with E-state index in [2.05, 4.69) is 10.1 Å². The van der Waals surface area contributed by atoms with Crippen LogP contribution in [0.3, 0.4) is 0 Å². The Labute approximate surface area is 170 Å². The lowest BCUT2D eigenvalue weighted by Crippen LogP contribution is -2.48. The molecule has 0 aromatic carbocycles. The van der Waals surface area contributed by atoms with Crippen molar-refractivity contribution in [2.45, 2.75) is 37.5 Å². The highest BCUT2D eigenvalue weighted by molar-refractivity contribution is 5.79. The highest BCUT2D eigenvalue weighted by Gasteiger charge is 2.42. The van der Waals surface area contributed by atoms with Crippen molar-refractivity contribution in [1.29, 1.82) is 0 Å². The van der Waals surface area contributed by atoms with Crippen molar-refractivity contribution in [2.24, 2.45) is 5.92 Å². The Morgan fingerprint density at radius 1 is 1.31 bits per heavy atom. The van der Waals surface area contributed by atoms with Gasteiger partial charge < -0.3 is 18.9 Å². The summed E-state index contributed by atoms with van der Waals surface area (Å²) in [7, 11) is 1.70. The Bertz CT molecular complexity index is 796. The lowest BCUT2D eigenvalue weighted by Gasteiger charge is -2.41. The number of piperidine rings is 1. The average molecular weight is 400 g/mol. The van der Waals surface area contributed by atoms with Gasteiger partial charge in [-0.3, -0.25) is 9.78 Å². The molecule has 29 heavy (non-hydrogen) atoms. The number of nitrogens with zero attached hydrogens (tertiary/aromatic N) is 4. The van der Waals surface area contributed by atoms with Gasteiger partial charge in [0.1, 0.15) is 0 Å². The van der Waals surface area contributed by atoms with Crippen molar-refractivity contribution in [3.8, 4) is 11.5 Å². The number of pyridine rings is 1. The van der Waals surface area contributed by atoms with Gasteiger partial charge in [-0.05, 0) is 44.2 Å². The van der Waals surface area contributed by atoms with Crippen LogP contribution < -0.4 is 0 Å².